The summed E-state index contributed by atoms with van der Waals surface area (Å²) < 4.78 is 19.9. The van der Waals surface area contributed by atoms with Gasteiger partial charge in [0, 0.05) is 18.1 Å². The Hall–Kier alpha value is -2.70. The average Bonchev–Trinajstić information content (AvgIpc) is 3.06. The van der Waals surface area contributed by atoms with E-state index in [2.05, 4.69) is 15.3 Å². The molecule has 26 heavy (non-hydrogen) atoms. The molecule has 1 fully saturated rings. The van der Waals surface area contributed by atoms with E-state index in [4.69, 9.17) is 10.5 Å². The smallest absolute Gasteiger partial charge is 0.255 e. The number of nitrogens with one attached hydrogen (secondary N) is 1. The number of halogens is 1. The summed E-state index contributed by atoms with van der Waals surface area (Å²) in [5.41, 5.74) is 8.14. The molecule has 3 N–H and O–H groups in total. The maximum Gasteiger partial charge on any atom is 0.255 e. The highest BCUT2D eigenvalue weighted by Gasteiger charge is 2.31. The second-order valence-electron chi connectivity index (χ2n) is 6.93. The molecule has 7 heteroatoms. The van der Waals surface area contributed by atoms with Crippen LogP contribution in [0.1, 0.15) is 59.0 Å². The number of fused-ring (bicyclic) bond motifs is 1. The second kappa shape index (κ2) is 6.55. The van der Waals surface area contributed by atoms with Gasteiger partial charge in [-0.2, -0.15) is 0 Å². The quantitative estimate of drug-likeness (QED) is 0.883. The molecule has 2 aromatic rings. The van der Waals surface area contributed by atoms with Crippen molar-refractivity contribution in [1.82, 2.24) is 15.3 Å². The van der Waals surface area contributed by atoms with Gasteiger partial charge in [-0.05, 0) is 38.7 Å². The Balaban J connectivity index is 1.68. The summed E-state index contributed by atoms with van der Waals surface area (Å²) in [7, 11) is 0. The molecule has 1 aromatic heterocycles. The Morgan fingerprint density at radius 1 is 1.27 bits per heavy atom. The van der Waals surface area contributed by atoms with E-state index in [1.165, 1.54) is 12.1 Å². The average molecular weight is 356 g/mol. The molecule has 0 bridgehead atoms. The van der Waals surface area contributed by atoms with E-state index in [0.29, 0.717) is 29.1 Å². The van der Waals surface area contributed by atoms with Crippen LogP contribution in [0.3, 0.4) is 0 Å². The topological polar surface area (TPSA) is 90.1 Å². The van der Waals surface area contributed by atoms with Gasteiger partial charge in [0.2, 0.25) is 5.95 Å². The summed E-state index contributed by atoms with van der Waals surface area (Å²) in [5, 5.41) is 2.97. The van der Waals surface area contributed by atoms with Crippen LogP contribution in [0.2, 0.25) is 0 Å². The molecule has 2 aliphatic rings. The van der Waals surface area contributed by atoms with Gasteiger partial charge < -0.3 is 15.8 Å². The Kier molecular flexibility index (Phi) is 4.22. The largest absolute Gasteiger partial charge is 0.490 e. The van der Waals surface area contributed by atoms with Gasteiger partial charge in [-0.25, -0.2) is 14.4 Å². The number of nitrogen functional groups attached to an aromatic ring is 1. The zero-order valence-electron chi connectivity index (χ0n) is 14.6. The Labute approximate surface area is 151 Å². The predicted molar refractivity (Wildman–Crippen MR) is 94.4 cm³/mol. The lowest BCUT2D eigenvalue weighted by atomic mass is 9.93. The minimum Gasteiger partial charge on any atom is -0.490 e. The van der Waals surface area contributed by atoms with E-state index in [1.807, 2.05) is 0 Å². The Morgan fingerprint density at radius 2 is 2.04 bits per heavy atom. The molecule has 2 heterocycles. The van der Waals surface area contributed by atoms with E-state index in [0.717, 1.165) is 31.2 Å². The van der Waals surface area contributed by atoms with E-state index >= 15 is 0 Å². The highest BCUT2D eigenvalue weighted by molar-refractivity contribution is 5.97. The van der Waals surface area contributed by atoms with Crippen molar-refractivity contribution in [3.8, 4) is 5.75 Å². The van der Waals surface area contributed by atoms with Gasteiger partial charge in [-0.3, -0.25) is 4.79 Å². The number of benzene rings is 1. The molecule has 0 unspecified atom stereocenters. The van der Waals surface area contributed by atoms with Crippen LogP contribution < -0.4 is 15.8 Å². The number of hydrogen-bond donors (Lipinski definition) is 2. The molecule has 0 saturated heterocycles. The number of carbonyl (C=O) groups is 1. The molecule has 1 aliphatic heterocycles. The fourth-order valence-electron chi connectivity index (χ4n) is 3.85. The molecule has 0 radical (unpaired) electrons. The molecule has 1 saturated carbocycles. The van der Waals surface area contributed by atoms with Crippen molar-refractivity contribution in [1.29, 1.82) is 0 Å². The van der Waals surface area contributed by atoms with Crippen molar-refractivity contribution < 1.29 is 13.9 Å². The number of hydrogen-bond acceptors (Lipinski definition) is 5. The van der Waals surface area contributed by atoms with Gasteiger partial charge in [-0.15, -0.1) is 0 Å². The minimum atomic E-state index is -0.355. The number of anilines is 1. The summed E-state index contributed by atoms with van der Waals surface area (Å²) in [6, 6.07) is 4.11. The maximum atomic E-state index is 13.8. The van der Waals surface area contributed by atoms with Crippen molar-refractivity contribution in [2.75, 3.05) is 5.73 Å². The first-order valence-electron chi connectivity index (χ1n) is 8.91. The predicted octanol–water partition coefficient (Wildman–Crippen LogP) is 2.85. The van der Waals surface area contributed by atoms with Gasteiger partial charge in [-0.1, -0.05) is 6.07 Å². The summed E-state index contributed by atoms with van der Waals surface area (Å²) in [6.45, 7) is 1.74. The number of ether oxygens (including phenoxy) is 1. The monoisotopic (exact) mass is 356 g/mol. The fraction of sp³-hybridized carbons (Fsp3) is 0.421. The molecular weight excluding hydrogens is 335 g/mol. The van der Waals surface area contributed by atoms with Gasteiger partial charge in [0.1, 0.15) is 11.6 Å². The third-order valence-corrected chi connectivity index (χ3v) is 5.06. The number of nitrogens with zero attached hydrogens (tertiary/aromatic N) is 2. The van der Waals surface area contributed by atoms with E-state index < -0.39 is 0 Å². The summed E-state index contributed by atoms with van der Waals surface area (Å²) in [5.74, 6) is 0.0391. The summed E-state index contributed by atoms with van der Waals surface area (Å²) in [4.78, 5) is 20.9. The van der Waals surface area contributed by atoms with Crippen LogP contribution in [-0.4, -0.2) is 22.0 Å². The van der Waals surface area contributed by atoms with Crippen LogP contribution in [0.5, 0.6) is 5.75 Å². The van der Waals surface area contributed by atoms with Crippen LogP contribution in [0.25, 0.3) is 0 Å². The molecular formula is C19H21FN4O2. The van der Waals surface area contributed by atoms with E-state index in [1.54, 1.807) is 13.0 Å². The summed E-state index contributed by atoms with van der Waals surface area (Å²) >= 11 is 0. The molecule has 4 rings (SSSR count). The first-order valence-corrected chi connectivity index (χ1v) is 8.91. The zero-order valence-corrected chi connectivity index (χ0v) is 14.6. The molecule has 1 atom stereocenters. The lowest BCUT2D eigenvalue weighted by Gasteiger charge is -2.28. The normalized spacial score (nSPS) is 19.9. The fourth-order valence-corrected chi connectivity index (χ4v) is 3.85. The lowest BCUT2D eigenvalue weighted by molar-refractivity contribution is 0.0921. The highest BCUT2D eigenvalue weighted by atomic mass is 19.1. The number of aromatic nitrogens is 2. The van der Waals surface area contributed by atoms with Gasteiger partial charge >= 0.3 is 0 Å². The third kappa shape index (κ3) is 3.09. The lowest BCUT2D eigenvalue weighted by Crippen LogP contribution is -2.37. The Morgan fingerprint density at radius 3 is 2.81 bits per heavy atom. The van der Waals surface area contributed by atoms with Crippen molar-refractivity contribution in [2.24, 2.45) is 0 Å². The van der Waals surface area contributed by atoms with Gasteiger partial charge in [0.15, 0.2) is 0 Å². The maximum absolute atomic E-state index is 13.8. The first kappa shape index (κ1) is 16.8. The SMILES string of the molecule is Cc1nc(N)nc2c1C(=O)N[C@@H](c1ccc(F)cc1OC1CCCC1)C2. The van der Waals surface area contributed by atoms with Crippen LogP contribution in [-0.2, 0) is 6.42 Å². The Bertz CT molecular complexity index is 865. The van der Waals surface area contributed by atoms with Crippen LogP contribution in [0.15, 0.2) is 18.2 Å². The highest BCUT2D eigenvalue weighted by Crippen LogP contribution is 2.34. The van der Waals surface area contributed by atoms with Crippen LogP contribution in [0, 0.1) is 12.7 Å². The van der Waals surface area contributed by atoms with Crippen molar-refractivity contribution >= 4 is 11.9 Å². The number of aryl methyl sites for hydroxylation is 1. The molecule has 1 aliphatic carbocycles. The van der Waals surface area contributed by atoms with Crippen molar-refractivity contribution in [3.05, 3.63) is 46.5 Å². The van der Waals surface area contributed by atoms with E-state index in [9.17, 15) is 9.18 Å². The standard InChI is InChI=1S/C19H21FN4O2/c1-10-17-15(24-19(21)22-10)9-14(23-18(17)25)13-7-6-11(20)8-16(13)26-12-4-2-3-5-12/h6-8,12,14H,2-5,9H2,1H3,(H,23,25)(H2,21,22,24)/t14-/m1/s1. The zero-order chi connectivity index (χ0) is 18.3. The molecule has 1 aromatic carbocycles. The first-order chi connectivity index (χ1) is 12.5. The van der Waals surface area contributed by atoms with Crippen LogP contribution >= 0.6 is 0 Å². The number of rotatable bonds is 3. The number of carbonyl (C=O) groups excluding carboxylic acids is 1. The third-order valence-electron chi connectivity index (χ3n) is 5.06. The molecule has 136 valence electrons. The molecule has 1 amide bonds. The van der Waals surface area contributed by atoms with E-state index in [-0.39, 0.29) is 29.8 Å². The van der Waals surface area contributed by atoms with Crippen molar-refractivity contribution in [2.45, 2.75) is 51.2 Å². The second-order valence-corrected chi connectivity index (χ2v) is 6.93. The molecule has 6 nitrogen and oxygen atoms in total. The number of nitrogens with two attached hydrogens (primary N) is 1. The minimum absolute atomic E-state index is 0.0994. The van der Waals surface area contributed by atoms with Crippen molar-refractivity contribution in [3.63, 3.8) is 0 Å². The van der Waals surface area contributed by atoms with Crippen LogP contribution in [0.4, 0.5) is 10.3 Å². The molecule has 0 spiro atoms. The number of amides is 1. The van der Waals surface area contributed by atoms with Gasteiger partial charge in [0.05, 0.1) is 29.1 Å². The van der Waals surface area contributed by atoms with Gasteiger partial charge in [0.25, 0.3) is 5.91 Å². The summed E-state index contributed by atoms with van der Waals surface area (Å²) in [6.07, 6.45) is 4.75.